The van der Waals surface area contributed by atoms with Crippen LogP contribution in [0.25, 0.3) is 11.5 Å². The molecule has 3 aromatic rings. The van der Waals surface area contributed by atoms with Crippen LogP contribution in [-0.2, 0) is 0 Å². The Morgan fingerprint density at radius 1 is 1.26 bits per heavy atom. The van der Waals surface area contributed by atoms with Gasteiger partial charge in [-0.3, -0.25) is 4.79 Å². The monoisotopic (exact) mass is 383 g/mol. The van der Waals surface area contributed by atoms with Crippen molar-refractivity contribution in [2.24, 2.45) is 0 Å². The largest absolute Gasteiger partial charge is 0.497 e. The van der Waals surface area contributed by atoms with E-state index in [0.717, 1.165) is 33.9 Å². The lowest BCUT2D eigenvalue weighted by atomic mass is 9.96. The van der Waals surface area contributed by atoms with Crippen LogP contribution >= 0.6 is 11.3 Å². The lowest BCUT2D eigenvalue weighted by Crippen LogP contribution is -2.37. The Labute approximate surface area is 161 Å². The van der Waals surface area contributed by atoms with Gasteiger partial charge in [0.1, 0.15) is 5.75 Å². The summed E-state index contributed by atoms with van der Waals surface area (Å²) in [6, 6.07) is 11.5. The molecule has 0 radical (unpaired) electrons. The lowest BCUT2D eigenvalue weighted by Gasteiger charge is -2.30. The van der Waals surface area contributed by atoms with E-state index in [2.05, 4.69) is 10.1 Å². The Balaban J connectivity index is 1.41. The molecule has 1 aliphatic heterocycles. The van der Waals surface area contributed by atoms with Crippen LogP contribution in [0, 0.1) is 6.92 Å². The highest BCUT2D eigenvalue weighted by atomic mass is 32.1. The number of amides is 1. The van der Waals surface area contributed by atoms with Crippen molar-refractivity contribution in [2.75, 3.05) is 20.2 Å². The maximum Gasteiger partial charge on any atom is 0.263 e. The summed E-state index contributed by atoms with van der Waals surface area (Å²) in [4.78, 5) is 21.0. The van der Waals surface area contributed by atoms with Crippen molar-refractivity contribution in [3.8, 4) is 17.2 Å². The molecule has 2 aromatic heterocycles. The van der Waals surface area contributed by atoms with Gasteiger partial charge in [0.25, 0.3) is 11.8 Å². The first kappa shape index (κ1) is 17.7. The van der Waals surface area contributed by atoms with Crippen LogP contribution in [0.4, 0.5) is 0 Å². The van der Waals surface area contributed by atoms with E-state index in [0.29, 0.717) is 24.8 Å². The number of hydrogen-bond acceptors (Lipinski definition) is 6. The molecule has 1 aromatic carbocycles. The van der Waals surface area contributed by atoms with Crippen LogP contribution in [0.1, 0.15) is 39.1 Å². The van der Waals surface area contributed by atoms with Gasteiger partial charge < -0.3 is 14.2 Å². The summed E-state index contributed by atoms with van der Waals surface area (Å²) in [5, 5.41) is 4.17. The van der Waals surface area contributed by atoms with Crippen LogP contribution in [0.15, 0.2) is 40.9 Å². The van der Waals surface area contributed by atoms with E-state index in [1.165, 1.54) is 0 Å². The third kappa shape index (κ3) is 3.73. The van der Waals surface area contributed by atoms with Crippen LogP contribution in [0.2, 0.25) is 0 Å². The molecule has 0 spiro atoms. The zero-order valence-electron chi connectivity index (χ0n) is 15.3. The maximum atomic E-state index is 12.6. The highest BCUT2D eigenvalue weighted by Gasteiger charge is 2.28. The molecule has 0 unspecified atom stereocenters. The fourth-order valence-corrected chi connectivity index (χ4v) is 4.16. The second-order valence-corrected chi connectivity index (χ2v) is 7.95. The van der Waals surface area contributed by atoms with Crippen molar-refractivity contribution in [1.29, 1.82) is 0 Å². The molecule has 7 heteroatoms. The van der Waals surface area contributed by atoms with Gasteiger partial charge in [-0.1, -0.05) is 11.2 Å². The quantitative estimate of drug-likeness (QED) is 0.677. The third-order valence-corrected chi connectivity index (χ3v) is 5.85. The summed E-state index contributed by atoms with van der Waals surface area (Å²) in [6.07, 6.45) is 1.68. The van der Waals surface area contributed by atoms with Crippen LogP contribution in [-0.4, -0.2) is 41.1 Å². The molecule has 1 saturated heterocycles. The third-order valence-electron chi connectivity index (χ3n) is 4.86. The molecule has 6 nitrogen and oxygen atoms in total. The van der Waals surface area contributed by atoms with Gasteiger partial charge in [0, 0.05) is 29.4 Å². The topological polar surface area (TPSA) is 68.5 Å². The minimum absolute atomic E-state index is 0.122. The maximum absolute atomic E-state index is 12.6. The number of aromatic nitrogens is 2. The summed E-state index contributed by atoms with van der Waals surface area (Å²) in [6.45, 7) is 3.44. The number of thiophene rings is 1. The number of carbonyl (C=O) groups excluding carboxylic acids is 1. The highest BCUT2D eigenvalue weighted by molar-refractivity contribution is 7.13. The number of nitrogens with zero attached hydrogens (tertiary/aromatic N) is 3. The van der Waals surface area contributed by atoms with E-state index in [4.69, 9.17) is 9.26 Å². The number of benzene rings is 1. The minimum Gasteiger partial charge on any atom is -0.497 e. The fourth-order valence-electron chi connectivity index (χ4n) is 3.32. The first-order valence-electron chi connectivity index (χ1n) is 8.98. The molecule has 0 bridgehead atoms. The molecular formula is C20H21N3O3S. The van der Waals surface area contributed by atoms with E-state index >= 15 is 0 Å². The number of carbonyl (C=O) groups is 1. The van der Waals surface area contributed by atoms with E-state index in [-0.39, 0.29) is 11.8 Å². The number of methoxy groups -OCH3 is 1. The van der Waals surface area contributed by atoms with E-state index in [9.17, 15) is 4.79 Å². The van der Waals surface area contributed by atoms with E-state index in [1.807, 2.05) is 48.2 Å². The SMILES string of the molecule is COc1cccc(-c2nc(C3CCN(C(=O)c4ccc(C)s4)CC3)no2)c1. The average molecular weight is 383 g/mol. The molecule has 0 saturated carbocycles. The summed E-state index contributed by atoms with van der Waals surface area (Å²) in [7, 11) is 1.63. The molecular weight excluding hydrogens is 362 g/mol. The Bertz CT molecular complexity index is 941. The van der Waals surface area contributed by atoms with Crippen molar-refractivity contribution in [3.63, 3.8) is 0 Å². The molecule has 3 heterocycles. The molecule has 27 heavy (non-hydrogen) atoms. The second kappa shape index (κ2) is 7.52. The minimum atomic E-state index is 0.122. The van der Waals surface area contributed by atoms with Crippen molar-refractivity contribution in [2.45, 2.75) is 25.7 Å². The zero-order valence-corrected chi connectivity index (χ0v) is 16.2. The van der Waals surface area contributed by atoms with Crippen molar-refractivity contribution >= 4 is 17.2 Å². The fraction of sp³-hybridized carbons (Fsp3) is 0.350. The van der Waals surface area contributed by atoms with Crippen LogP contribution in [0.5, 0.6) is 5.75 Å². The highest BCUT2D eigenvalue weighted by Crippen LogP contribution is 2.30. The van der Waals surface area contributed by atoms with Crippen molar-refractivity contribution in [1.82, 2.24) is 15.0 Å². The van der Waals surface area contributed by atoms with Gasteiger partial charge in [-0.05, 0) is 50.1 Å². The Kier molecular flexibility index (Phi) is 4.94. The normalized spacial score (nSPS) is 15.1. The van der Waals surface area contributed by atoms with Crippen molar-refractivity contribution < 1.29 is 14.1 Å². The smallest absolute Gasteiger partial charge is 0.263 e. The number of ether oxygens (including phenoxy) is 1. The van der Waals surface area contributed by atoms with Crippen LogP contribution in [0.3, 0.4) is 0 Å². The molecule has 1 amide bonds. The lowest BCUT2D eigenvalue weighted by molar-refractivity contribution is 0.0715. The Hall–Kier alpha value is -2.67. The zero-order chi connectivity index (χ0) is 18.8. The van der Waals surface area contributed by atoms with E-state index in [1.54, 1.807) is 18.4 Å². The first-order valence-corrected chi connectivity index (χ1v) is 9.79. The van der Waals surface area contributed by atoms with Gasteiger partial charge in [-0.25, -0.2) is 0 Å². The predicted molar refractivity (Wildman–Crippen MR) is 103 cm³/mol. The molecule has 140 valence electrons. The second-order valence-electron chi connectivity index (χ2n) is 6.67. The number of likely N-dealkylation sites (tertiary alicyclic amines) is 1. The van der Waals surface area contributed by atoms with Crippen molar-refractivity contribution in [3.05, 3.63) is 52.0 Å². The Morgan fingerprint density at radius 3 is 2.78 bits per heavy atom. The molecule has 1 fully saturated rings. The van der Waals surface area contributed by atoms with Gasteiger partial charge in [-0.15, -0.1) is 11.3 Å². The van der Waals surface area contributed by atoms with Gasteiger partial charge in [0.15, 0.2) is 5.82 Å². The molecule has 0 N–H and O–H groups in total. The van der Waals surface area contributed by atoms with E-state index < -0.39 is 0 Å². The number of hydrogen-bond donors (Lipinski definition) is 0. The van der Waals surface area contributed by atoms with Crippen LogP contribution < -0.4 is 4.74 Å². The summed E-state index contributed by atoms with van der Waals surface area (Å²) in [5.41, 5.74) is 0.841. The first-order chi connectivity index (χ1) is 13.1. The van der Waals surface area contributed by atoms with Gasteiger partial charge in [-0.2, -0.15) is 4.98 Å². The Morgan fingerprint density at radius 2 is 2.07 bits per heavy atom. The molecule has 1 aliphatic rings. The van der Waals surface area contributed by atoms with Gasteiger partial charge >= 0.3 is 0 Å². The summed E-state index contributed by atoms with van der Waals surface area (Å²) in [5.74, 6) is 2.30. The molecule has 0 atom stereocenters. The molecule has 4 rings (SSSR count). The number of rotatable bonds is 4. The number of aryl methyl sites for hydroxylation is 1. The average Bonchev–Trinajstić information content (AvgIpc) is 3.37. The summed E-state index contributed by atoms with van der Waals surface area (Å²) < 4.78 is 10.7. The predicted octanol–water partition coefficient (Wildman–Crippen LogP) is 4.13. The van der Waals surface area contributed by atoms with Gasteiger partial charge in [0.2, 0.25) is 0 Å². The standard InChI is InChI=1S/C20H21N3O3S/c1-13-6-7-17(27-13)20(24)23-10-8-14(9-11-23)18-21-19(26-22-18)15-4-3-5-16(12-15)25-2/h3-7,12,14H,8-11H2,1-2H3. The summed E-state index contributed by atoms with van der Waals surface area (Å²) >= 11 is 1.55. The number of piperidine rings is 1. The molecule has 0 aliphatic carbocycles. The van der Waals surface area contributed by atoms with Gasteiger partial charge in [0.05, 0.1) is 12.0 Å².